The first-order valence-corrected chi connectivity index (χ1v) is 6.62. The summed E-state index contributed by atoms with van der Waals surface area (Å²) in [5.41, 5.74) is 0.597. The highest BCUT2D eigenvalue weighted by molar-refractivity contribution is 5.90. The van der Waals surface area contributed by atoms with Gasteiger partial charge in [-0.1, -0.05) is 19.4 Å². The minimum atomic E-state index is -1.13. The second kappa shape index (κ2) is 8.09. The molecule has 0 saturated heterocycles. The fraction of sp³-hybridized carbons (Fsp3) is 0.400. The van der Waals surface area contributed by atoms with Crippen molar-refractivity contribution in [1.29, 1.82) is 0 Å². The SMILES string of the molecule is CCCCOc1cc(/C=C(\OCC)C(=O)O)ccc1O. The average Bonchev–Trinajstić information content (AvgIpc) is 2.41. The molecule has 0 heterocycles. The van der Waals surface area contributed by atoms with E-state index in [0.29, 0.717) is 17.9 Å². The molecule has 0 unspecified atom stereocenters. The molecule has 0 fully saturated rings. The second-order valence-electron chi connectivity index (χ2n) is 4.18. The van der Waals surface area contributed by atoms with Crippen LogP contribution in [0.2, 0.25) is 0 Å². The van der Waals surface area contributed by atoms with Crippen molar-refractivity contribution in [2.45, 2.75) is 26.7 Å². The lowest BCUT2D eigenvalue weighted by Gasteiger charge is -2.09. The summed E-state index contributed by atoms with van der Waals surface area (Å²) in [6.45, 7) is 4.54. The Hall–Kier alpha value is -2.17. The summed E-state index contributed by atoms with van der Waals surface area (Å²) >= 11 is 0. The van der Waals surface area contributed by atoms with Gasteiger partial charge in [0.1, 0.15) is 0 Å². The van der Waals surface area contributed by atoms with Crippen molar-refractivity contribution in [3.8, 4) is 11.5 Å². The maximum Gasteiger partial charge on any atom is 0.371 e. The van der Waals surface area contributed by atoms with E-state index < -0.39 is 5.97 Å². The van der Waals surface area contributed by atoms with E-state index in [2.05, 4.69) is 0 Å². The number of phenols is 1. The van der Waals surface area contributed by atoms with E-state index in [9.17, 15) is 9.90 Å². The van der Waals surface area contributed by atoms with Crippen LogP contribution in [-0.4, -0.2) is 29.4 Å². The van der Waals surface area contributed by atoms with E-state index in [1.807, 2.05) is 6.92 Å². The molecule has 0 aliphatic rings. The van der Waals surface area contributed by atoms with Gasteiger partial charge in [0, 0.05) is 0 Å². The normalized spacial score (nSPS) is 11.2. The standard InChI is InChI=1S/C15H20O5/c1-3-5-8-20-13-9-11(6-7-12(13)16)10-14(15(17)18)19-4-2/h6-7,9-10,16H,3-5,8H2,1-2H3,(H,17,18)/b14-10-. The Morgan fingerprint density at radius 3 is 2.70 bits per heavy atom. The number of aromatic hydroxyl groups is 1. The molecule has 0 saturated carbocycles. The maximum absolute atomic E-state index is 11.0. The van der Waals surface area contributed by atoms with Crippen LogP contribution in [0.5, 0.6) is 11.5 Å². The molecule has 0 aliphatic carbocycles. The minimum Gasteiger partial charge on any atom is -0.504 e. The van der Waals surface area contributed by atoms with Gasteiger partial charge in [-0.25, -0.2) is 4.79 Å². The molecule has 0 amide bonds. The van der Waals surface area contributed by atoms with Gasteiger partial charge in [-0.15, -0.1) is 0 Å². The number of unbranched alkanes of at least 4 members (excludes halogenated alkanes) is 1. The molecule has 0 aromatic heterocycles. The number of ether oxygens (including phenoxy) is 2. The average molecular weight is 280 g/mol. The van der Waals surface area contributed by atoms with Gasteiger partial charge in [-0.05, 0) is 37.1 Å². The van der Waals surface area contributed by atoms with E-state index in [4.69, 9.17) is 14.6 Å². The van der Waals surface area contributed by atoms with Gasteiger partial charge in [0.2, 0.25) is 5.76 Å². The maximum atomic E-state index is 11.0. The monoisotopic (exact) mass is 280 g/mol. The van der Waals surface area contributed by atoms with Crippen molar-refractivity contribution >= 4 is 12.0 Å². The van der Waals surface area contributed by atoms with Crippen LogP contribution in [0.15, 0.2) is 24.0 Å². The van der Waals surface area contributed by atoms with Crippen LogP contribution in [-0.2, 0) is 9.53 Å². The molecule has 5 nitrogen and oxygen atoms in total. The lowest BCUT2D eigenvalue weighted by atomic mass is 10.1. The Morgan fingerprint density at radius 2 is 2.10 bits per heavy atom. The molecule has 20 heavy (non-hydrogen) atoms. The smallest absolute Gasteiger partial charge is 0.371 e. The van der Waals surface area contributed by atoms with Crippen LogP contribution >= 0.6 is 0 Å². The highest BCUT2D eigenvalue weighted by Crippen LogP contribution is 2.28. The summed E-state index contributed by atoms with van der Waals surface area (Å²) in [6, 6.07) is 4.66. The van der Waals surface area contributed by atoms with Crippen molar-refractivity contribution in [2.75, 3.05) is 13.2 Å². The van der Waals surface area contributed by atoms with Crippen molar-refractivity contribution in [3.05, 3.63) is 29.5 Å². The molecule has 1 aromatic rings. The van der Waals surface area contributed by atoms with Gasteiger partial charge < -0.3 is 19.7 Å². The van der Waals surface area contributed by atoms with Crippen LogP contribution in [0.3, 0.4) is 0 Å². The number of rotatable bonds is 8. The Balaban J connectivity index is 2.92. The first-order valence-electron chi connectivity index (χ1n) is 6.62. The van der Waals surface area contributed by atoms with Crippen molar-refractivity contribution in [1.82, 2.24) is 0 Å². The molecule has 110 valence electrons. The number of hydrogen-bond acceptors (Lipinski definition) is 4. The molecule has 5 heteroatoms. The number of carbonyl (C=O) groups is 1. The molecule has 0 bridgehead atoms. The summed E-state index contributed by atoms with van der Waals surface area (Å²) in [6.07, 6.45) is 3.28. The molecular formula is C15H20O5. The van der Waals surface area contributed by atoms with Gasteiger partial charge >= 0.3 is 5.97 Å². The number of hydrogen-bond donors (Lipinski definition) is 2. The third kappa shape index (κ3) is 4.84. The minimum absolute atomic E-state index is 0.0338. The van der Waals surface area contributed by atoms with Gasteiger partial charge in [0.25, 0.3) is 0 Å². The second-order valence-corrected chi connectivity index (χ2v) is 4.18. The molecular weight excluding hydrogens is 260 g/mol. The van der Waals surface area contributed by atoms with Crippen LogP contribution in [0.1, 0.15) is 32.3 Å². The predicted octanol–water partition coefficient (Wildman–Crippen LogP) is 3.03. The van der Waals surface area contributed by atoms with Gasteiger partial charge in [-0.2, -0.15) is 0 Å². The van der Waals surface area contributed by atoms with E-state index in [-0.39, 0.29) is 18.1 Å². The zero-order chi connectivity index (χ0) is 15.0. The van der Waals surface area contributed by atoms with Gasteiger partial charge in [0.05, 0.1) is 13.2 Å². The predicted molar refractivity (Wildman–Crippen MR) is 75.7 cm³/mol. The van der Waals surface area contributed by atoms with Crippen LogP contribution in [0.4, 0.5) is 0 Å². The third-order valence-corrected chi connectivity index (χ3v) is 2.55. The quantitative estimate of drug-likeness (QED) is 0.435. The van der Waals surface area contributed by atoms with Gasteiger partial charge in [0.15, 0.2) is 11.5 Å². The van der Waals surface area contributed by atoms with E-state index in [1.54, 1.807) is 19.1 Å². The van der Waals surface area contributed by atoms with Crippen molar-refractivity contribution < 1.29 is 24.5 Å². The molecule has 0 atom stereocenters. The van der Waals surface area contributed by atoms with Crippen molar-refractivity contribution in [3.63, 3.8) is 0 Å². The Bertz CT molecular complexity index is 479. The lowest BCUT2D eigenvalue weighted by Crippen LogP contribution is -2.04. The first kappa shape index (κ1) is 15.9. The summed E-state index contributed by atoms with van der Waals surface area (Å²) < 4.78 is 10.5. The number of carboxylic acids is 1. The fourth-order valence-corrected chi connectivity index (χ4v) is 1.53. The number of benzene rings is 1. The number of aliphatic carboxylic acids is 1. The summed E-state index contributed by atoms with van der Waals surface area (Å²) in [5, 5.41) is 18.7. The zero-order valence-corrected chi connectivity index (χ0v) is 11.8. The molecule has 0 spiro atoms. The van der Waals surface area contributed by atoms with E-state index in [0.717, 1.165) is 12.8 Å². The molecule has 1 aromatic carbocycles. The third-order valence-electron chi connectivity index (χ3n) is 2.55. The zero-order valence-electron chi connectivity index (χ0n) is 11.8. The lowest BCUT2D eigenvalue weighted by molar-refractivity contribution is -0.136. The molecule has 2 N–H and O–H groups in total. The number of carboxylic acid groups (broad SMARTS) is 1. The summed E-state index contributed by atoms with van der Waals surface area (Å²) in [5.74, 6) is -0.897. The number of phenolic OH excluding ortho intramolecular Hbond substituents is 1. The van der Waals surface area contributed by atoms with E-state index in [1.165, 1.54) is 12.1 Å². The molecule has 1 rings (SSSR count). The topological polar surface area (TPSA) is 76.0 Å². The van der Waals surface area contributed by atoms with Gasteiger partial charge in [-0.3, -0.25) is 0 Å². The van der Waals surface area contributed by atoms with Crippen LogP contribution in [0.25, 0.3) is 6.08 Å². The molecule has 0 aliphatic heterocycles. The van der Waals surface area contributed by atoms with E-state index >= 15 is 0 Å². The molecule has 0 radical (unpaired) electrons. The first-order chi connectivity index (χ1) is 9.58. The fourth-order valence-electron chi connectivity index (χ4n) is 1.53. The van der Waals surface area contributed by atoms with Crippen LogP contribution < -0.4 is 4.74 Å². The summed E-state index contributed by atoms with van der Waals surface area (Å²) in [4.78, 5) is 11.0. The highest BCUT2D eigenvalue weighted by atomic mass is 16.5. The van der Waals surface area contributed by atoms with Crippen LogP contribution in [0, 0.1) is 0 Å². The Labute approximate surface area is 118 Å². The Morgan fingerprint density at radius 1 is 1.35 bits per heavy atom. The highest BCUT2D eigenvalue weighted by Gasteiger charge is 2.09. The Kier molecular flexibility index (Phi) is 6.43. The largest absolute Gasteiger partial charge is 0.504 e. The van der Waals surface area contributed by atoms with Crippen molar-refractivity contribution in [2.24, 2.45) is 0 Å². The summed E-state index contributed by atoms with van der Waals surface area (Å²) in [7, 11) is 0.